The third-order valence-electron chi connectivity index (χ3n) is 3.07. The molecule has 0 spiro atoms. The summed E-state index contributed by atoms with van der Waals surface area (Å²) in [6.45, 7) is 3.49. The Balaban J connectivity index is 2.10. The number of aryl methyl sites for hydroxylation is 2. The smallest absolute Gasteiger partial charge is 0.174 e. The molecule has 1 heterocycles. The third-order valence-corrected chi connectivity index (χ3v) is 3.07. The van der Waals surface area contributed by atoms with E-state index in [4.69, 9.17) is 9.15 Å². The number of ether oxygens (including phenoxy) is 1. The lowest BCUT2D eigenvalue weighted by Gasteiger charge is -2.02. The first-order valence-electron chi connectivity index (χ1n) is 6.28. The van der Waals surface area contributed by atoms with Crippen LogP contribution in [0.4, 0.5) is 0 Å². The Kier molecular flexibility index (Phi) is 4.03. The predicted octanol–water partition coefficient (Wildman–Crippen LogP) is 3.36. The summed E-state index contributed by atoms with van der Waals surface area (Å²) in [5.41, 5.74) is 0.974. The van der Waals surface area contributed by atoms with Gasteiger partial charge >= 0.3 is 0 Å². The second kappa shape index (κ2) is 5.74. The topological polar surface area (TPSA) is 56.5 Å². The van der Waals surface area contributed by atoms with Gasteiger partial charge in [0.25, 0.3) is 0 Å². The fourth-order valence-corrected chi connectivity index (χ4v) is 2.03. The van der Waals surface area contributed by atoms with Crippen molar-refractivity contribution in [2.24, 2.45) is 0 Å². The van der Waals surface area contributed by atoms with Gasteiger partial charge in [-0.05, 0) is 44.2 Å². The van der Waals surface area contributed by atoms with Gasteiger partial charge < -0.3 is 9.15 Å². The van der Waals surface area contributed by atoms with Crippen molar-refractivity contribution in [1.29, 1.82) is 0 Å². The van der Waals surface area contributed by atoms with Gasteiger partial charge in [-0.1, -0.05) is 0 Å². The molecule has 0 amide bonds. The highest BCUT2D eigenvalue weighted by atomic mass is 16.5. The maximum Gasteiger partial charge on any atom is 0.174 e. The SMILES string of the molecule is COc1ccc(C(=O)CC(=O)c2cc(C)oc2C)cc1. The maximum atomic E-state index is 12.1. The Morgan fingerprint density at radius 2 is 1.75 bits per heavy atom. The molecule has 0 radical (unpaired) electrons. The van der Waals surface area contributed by atoms with Crippen molar-refractivity contribution in [1.82, 2.24) is 0 Å². The van der Waals surface area contributed by atoms with Crippen molar-refractivity contribution in [3.63, 3.8) is 0 Å². The quantitative estimate of drug-likeness (QED) is 0.618. The summed E-state index contributed by atoms with van der Waals surface area (Å²) in [6, 6.07) is 8.37. The van der Waals surface area contributed by atoms with E-state index in [1.807, 2.05) is 0 Å². The molecule has 0 aliphatic rings. The van der Waals surface area contributed by atoms with E-state index in [0.717, 1.165) is 0 Å². The number of carbonyl (C=O) groups is 2. The Bertz CT molecular complexity index is 635. The highest BCUT2D eigenvalue weighted by Gasteiger charge is 2.18. The van der Waals surface area contributed by atoms with Crippen LogP contribution >= 0.6 is 0 Å². The molecule has 0 fully saturated rings. The summed E-state index contributed by atoms with van der Waals surface area (Å²) in [6.07, 6.45) is -0.161. The summed E-state index contributed by atoms with van der Waals surface area (Å²) in [5, 5.41) is 0. The molecule has 0 bridgehead atoms. The van der Waals surface area contributed by atoms with E-state index in [0.29, 0.717) is 28.4 Å². The molecule has 4 nitrogen and oxygen atoms in total. The first-order chi connectivity index (χ1) is 9.51. The van der Waals surface area contributed by atoms with Crippen LogP contribution in [0.5, 0.6) is 5.75 Å². The van der Waals surface area contributed by atoms with Gasteiger partial charge in [0.1, 0.15) is 17.3 Å². The van der Waals surface area contributed by atoms with Crippen LogP contribution in [0.1, 0.15) is 38.7 Å². The molecular formula is C16H16O4. The fraction of sp³-hybridized carbons (Fsp3) is 0.250. The van der Waals surface area contributed by atoms with Gasteiger partial charge in [0, 0.05) is 5.56 Å². The number of carbonyl (C=O) groups excluding carboxylic acids is 2. The van der Waals surface area contributed by atoms with Gasteiger partial charge in [-0.15, -0.1) is 0 Å². The van der Waals surface area contributed by atoms with Crippen LogP contribution in [0.15, 0.2) is 34.7 Å². The average molecular weight is 272 g/mol. The second-order valence-corrected chi connectivity index (χ2v) is 4.58. The van der Waals surface area contributed by atoms with E-state index in [2.05, 4.69) is 0 Å². The zero-order valence-corrected chi connectivity index (χ0v) is 11.7. The van der Waals surface area contributed by atoms with E-state index >= 15 is 0 Å². The number of hydrogen-bond donors (Lipinski definition) is 0. The molecule has 0 aliphatic heterocycles. The number of rotatable bonds is 5. The molecule has 2 rings (SSSR count). The molecule has 0 saturated heterocycles. The lowest BCUT2D eigenvalue weighted by molar-refractivity contribution is 0.0893. The van der Waals surface area contributed by atoms with Crippen LogP contribution < -0.4 is 4.74 Å². The molecule has 0 saturated carbocycles. The zero-order chi connectivity index (χ0) is 14.7. The first kappa shape index (κ1) is 14.1. The van der Waals surface area contributed by atoms with Crippen LogP contribution in [0.3, 0.4) is 0 Å². The number of furan rings is 1. The highest BCUT2D eigenvalue weighted by Crippen LogP contribution is 2.18. The first-order valence-corrected chi connectivity index (χ1v) is 6.28. The van der Waals surface area contributed by atoms with Crippen molar-refractivity contribution >= 4 is 11.6 Å². The molecule has 0 atom stereocenters. The molecule has 0 N–H and O–H groups in total. The maximum absolute atomic E-state index is 12.1. The van der Waals surface area contributed by atoms with Crippen molar-refractivity contribution in [2.45, 2.75) is 20.3 Å². The summed E-state index contributed by atoms with van der Waals surface area (Å²) >= 11 is 0. The molecule has 4 heteroatoms. The fourth-order valence-electron chi connectivity index (χ4n) is 2.03. The Hall–Kier alpha value is -2.36. The van der Waals surface area contributed by atoms with Crippen molar-refractivity contribution < 1.29 is 18.7 Å². The molecule has 1 aromatic heterocycles. The van der Waals surface area contributed by atoms with Crippen LogP contribution in [-0.4, -0.2) is 18.7 Å². The standard InChI is InChI=1S/C16H16O4/c1-10-8-14(11(2)20-10)16(18)9-15(17)12-4-6-13(19-3)7-5-12/h4-8H,9H2,1-3H3. The molecule has 0 aliphatic carbocycles. The van der Waals surface area contributed by atoms with Gasteiger partial charge in [-0.3, -0.25) is 9.59 Å². The van der Waals surface area contributed by atoms with Crippen molar-refractivity contribution in [2.75, 3.05) is 7.11 Å². The van der Waals surface area contributed by atoms with E-state index in [1.54, 1.807) is 51.3 Å². The van der Waals surface area contributed by atoms with Crippen molar-refractivity contribution in [3.8, 4) is 5.75 Å². The minimum Gasteiger partial charge on any atom is -0.497 e. The monoisotopic (exact) mass is 272 g/mol. The molecular weight excluding hydrogens is 256 g/mol. The molecule has 0 unspecified atom stereocenters. The van der Waals surface area contributed by atoms with Gasteiger partial charge in [0.05, 0.1) is 19.1 Å². The van der Waals surface area contributed by atoms with Crippen LogP contribution in [0.25, 0.3) is 0 Å². The Morgan fingerprint density at radius 3 is 2.25 bits per heavy atom. The van der Waals surface area contributed by atoms with E-state index in [1.165, 1.54) is 0 Å². The summed E-state index contributed by atoms with van der Waals surface area (Å²) in [5.74, 6) is 1.46. The van der Waals surface area contributed by atoms with Gasteiger partial charge in [-0.2, -0.15) is 0 Å². The zero-order valence-electron chi connectivity index (χ0n) is 11.7. The lowest BCUT2D eigenvalue weighted by Crippen LogP contribution is -2.08. The van der Waals surface area contributed by atoms with Gasteiger partial charge in [-0.25, -0.2) is 0 Å². The number of Topliss-reactive ketones (excluding diaryl/α,β-unsaturated/α-hetero) is 2. The number of benzene rings is 1. The number of methoxy groups -OCH3 is 1. The van der Waals surface area contributed by atoms with Crippen LogP contribution in [-0.2, 0) is 0 Å². The minimum atomic E-state index is -0.222. The number of hydrogen-bond acceptors (Lipinski definition) is 4. The highest BCUT2D eigenvalue weighted by molar-refractivity contribution is 6.13. The van der Waals surface area contributed by atoms with E-state index in [-0.39, 0.29) is 18.0 Å². The molecule has 2 aromatic rings. The normalized spacial score (nSPS) is 10.3. The summed E-state index contributed by atoms with van der Waals surface area (Å²) in [7, 11) is 1.56. The molecule has 20 heavy (non-hydrogen) atoms. The van der Waals surface area contributed by atoms with Gasteiger partial charge in [0.2, 0.25) is 0 Å². The number of ketones is 2. The summed E-state index contributed by atoms with van der Waals surface area (Å²) in [4.78, 5) is 24.1. The van der Waals surface area contributed by atoms with Crippen LogP contribution in [0.2, 0.25) is 0 Å². The van der Waals surface area contributed by atoms with E-state index in [9.17, 15) is 9.59 Å². The third kappa shape index (κ3) is 2.96. The Labute approximate surface area is 117 Å². The van der Waals surface area contributed by atoms with Gasteiger partial charge in [0.15, 0.2) is 11.6 Å². The minimum absolute atomic E-state index is 0.161. The van der Waals surface area contributed by atoms with Crippen molar-refractivity contribution in [3.05, 3.63) is 53.0 Å². The lowest BCUT2D eigenvalue weighted by atomic mass is 10.0. The average Bonchev–Trinajstić information content (AvgIpc) is 2.78. The molecule has 104 valence electrons. The van der Waals surface area contributed by atoms with E-state index < -0.39 is 0 Å². The largest absolute Gasteiger partial charge is 0.497 e. The summed E-state index contributed by atoms with van der Waals surface area (Å²) < 4.78 is 10.3. The second-order valence-electron chi connectivity index (χ2n) is 4.58. The molecule has 1 aromatic carbocycles. The van der Waals surface area contributed by atoms with Crippen LogP contribution in [0, 0.1) is 13.8 Å². The Morgan fingerprint density at radius 1 is 1.10 bits per heavy atom. The predicted molar refractivity (Wildman–Crippen MR) is 74.5 cm³/mol.